The first kappa shape index (κ1) is 31.2. The molecule has 214 valence electrons. The summed E-state index contributed by atoms with van der Waals surface area (Å²) in [5, 5.41) is 20.0. The Kier molecular flexibility index (Phi) is 9.46. The van der Waals surface area contributed by atoms with Crippen LogP contribution in [0.5, 0.6) is 0 Å². The fourth-order valence-electron chi connectivity index (χ4n) is 3.37. The van der Waals surface area contributed by atoms with Gasteiger partial charge in [-0.15, -0.1) is 0 Å². The van der Waals surface area contributed by atoms with Gasteiger partial charge in [-0.1, -0.05) is 12.1 Å². The average Bonchev–Trinajstić information content (AvgIpc) is 2.83. The summed E-state index contributed by atoms with van der Waals surface area (Å²) in [7, 11) is 0. The molecule has 7 N–H and O–H groups in total. The molecule has 0 aliphatic carbocycles. The van der Waals surface area contributed by atoms with Gasteiger partial charge in [0.1, 0.15) is 0 Å². The van der Waals surface area contributed by atoms with Crippen LogP contribution in [0, 0.1) is 6.92 Å². The maximum atomic E-state index is 13.5. The molecule has 11 nitrogen and oxygen atoms in total. The standard InChI is InChI=1S/C20H22F3N5O4.C2HF3O2/c1-10-4-5-11(19(31,18(25)30)20(21,22)23)7-13(10)14-8-26-16(24)15(28-14)17(29)27-12-3-2-6-32-9-12;3-2(4,5)1(6)7/h4-5,7-8,12,31H,2-3,6,9H2,1H3,(H2,24,26)(H2,25,30)(H,27,29);(H,6,7)/t12-,19?;/m0./s1. The number of nitrogen functional groups attached to an aromatic ring is 1. The number of aliphatic hydroxyl groups is 1. The molecule has 1 aromatic heterocycles. The van der Waals surface area contributed by atoms with E-state index in [1.807, 2.05) is 0 Å². The van der Waals surface area contributed by atoms with Crippen LogP contribution in [0.1, 0.15) is 34.5 Å². The lowest BCUT2D eigenvalue weighted by Crippen LogP contribution is -2.52. The lowest BCUT2D eigenvalue weighted by molar-refractivity contribution is -0.255. The quantitative estimate of drug-likeness (QED) is 0.335. The van der Waals surface area contributed by atoms with E-state index in [0.717, 1.165) is 18.6 Å². The van der Waals surface area contributed by atoms with E-state index in [0.29, 0.717) is 25.2 Å². The number of ether oxygens (including phenoxy) is 1. The minimum atomic E-state index is -5.36. The number of nitrogens with zero attached hydrogens (tertiary/aromatic N) is 2. The van der Waals surface area contributed by atoms with Crippen LogP contribution in [0.15, 0.2) is 24.4 Å². The summed E-state index contributed by atoms with van der Waals surface area (Å²) < 4.78 is 77.4. The van der Waals surface area contributed by atoms with Crippen molar-refractivity contribution in [3.05, 3.63) is 41.2 Å². The number of aliphatic carboxylic acids is 1. The molecule has 17 heteroatoms. The van der Waals surface area contributed by atoms with Gasteiger partial charge in [0.15, 0.2) is 11.5 Å². The number of hydrogen-bond donors (Lipinski definition) is 5. The summed E-state index contributed by atoms with van der Waals surface area (Å²) in [5.74, 6) is -5.50. The number of amides is 2. The molecule has 1 unspecified atom stereocenters. The number of anilines is 1. The van der Waals surface area contributed by atoms with Crippen molar-refractivity contribution in [3.8, 4) is 11.3 Å². The number of primary amides is 1. The number of benzene rings is 1. The first-order chi connectivity index (χ1) is 17.9. The third-order valence-corrected chi connectivity index (χ3v) is 5.45. The fraction of sp³-hybridized carbons (Fsp3) is 0.409. The van der Waals surface area contributed by atoms with Crippen molar-refractivity contribution in [2.45, 2.75) is 43.8 Å². The van der Waals surface area contributed by atoms with Crippen LogP contribution >= 0.6 is 0 Å². The summed E-state index contributed by atoms with van der Waals surface area (Å²) >= 11 is 0. The van der Waals surface area contributed by atoms with Crippen molar-refractivity contribution in [2.75, 3.05) is 18.9 Å². The first-order valence-electron chi connectivity index (χ1n) is 10.9. The van der Waals surface area contributed by atoms with Gasteiger partial charge < -0.3 is 31.7 Å². The Balaban J connectivity index is 0.000000673. The minimum absolute atomic E-state index is 0.0255. The van der Waals surface area contributed by atoms with E-state index in [2.05, 4.69) is 15.3 Å². The Bertz CT molecular complexity index is 1230. The molecule has 1 aliphatic heterocycles. The number of aryl methyl sites for hydroxylation is 1. The van der Waals surface area contributed by atoms with E-state index in [-0.39, 0.29) is 28.8 Å². The molecular weight excluding hydrogens is 544 g/mol. The van der Waals surface area contributed by atoms with Gasteiger partial charge in [0.2, 0.25) is 0 Å². The number of alkyl halides is 6. The van der Waals surface area contributed by atoms with Gasteiger partial charge in [-0.05, 0) is 31.4 Å². The first-order valence-corrected chi connectivity index (χ1v) is 10.9. The van der Waals surface area contributed by atoms with Gasteiger partial charge in [0.05, 0.1) is 24.5 Å². The van der Waals surface area contributed by atoms with E-state index < -0.39 is 41.3 Å². The number of hydrogen-bond acceptors (Lipinski definition) is 8. The molecular formula is C22H23F6N5O6. The van der Waals surface area contributed by atoms with Gasteiger partial charge in [0.25, 0.3) is 17.4 Å². The predicted molar refractivity (Wildman–Crippen MR) is 121 cm³/mol. The number of carboxylic acid groups (broad SMARTS) is 1. The largest absolute Gasteiger partial charge is 0.490 e. The van der Waals surface area contributed by atoms with Crippen LogP contribution in [0.3, 0.4) is 0 Å². The number of aromatic nitrogens is 2. The maximum absolute atomic E-state index is 13.5. The van der Waals surface area contributed by atoms with E-state index in [1.165, 1.54) is 12.3 Å². The van der Waals surface area contributed by atoms with E-state index >= 15 is 0 Å². The number of carboxylic acids is 1. The Labute approximate surface area is 216 Å². The molecule has 39 heavy (non-hydrogen) atoms. The van der Waals surface area contributed by atoms with E-state index in [9.17, 15) is 41.0 Å². The number of nitrogens with two attached hydrogens (primary N) is 2. The SMILES string of the molecule is Cc1ccc(C(O)(C(N)=O)C(F)(F)F)cc1-c1cnc(N)c(C(=O)N[C@H]2CCCOC2)n1.O=C(O)C(F)(F)F. The number of carbonyl (C=O) groups excluding carboxylic acids is 2. The van der Waals surface area contributed by atoms with Crippen molar-refractivity contribution in [1.29, 1.82) is 0 Å². The molecule has 3 rings (SSSR count). The molecule has 1 aromatic carbocycles. The van der Waals surface area contributed by atoms with Crippen LogP contribution in [0.2, 0.25) is 0 Å². The molecule has 0 radical (unpaired) electrons. The van der Waals surface area contributed by atoms with Crippen LogP contribution in [0.4, 0.5) is 32.2 Å². The highest BCUT2D eigenvalue weighted by Gasteiger charge is 2.60. The topological polar surface area (TPSA) is 191 Å². The average molecular weight is 567 g/mol. The molecule has 2 amide bonds. The molecule has 1 saturated heterocycles. The van der Waals surface area contributed by atoms with Crippen molar-refractivity contribution >= 4 is 23.6 Å². The van der Waals surface area contributed by atoms with Crippen molar-refractivity contribution in [3.63, 3.8) is 0 Å². The number of rotatable bonds is 5. The van der Waals surface area contributed by atoms with Gasteiger partial charge in [0, 0.05) is 17.7 Å². The normalized spacial score (nSPS) is 17.3. The molecule has 0 spiro atoms. The Morgan fingerprint density at radius 1 is 1.15 bits per heavy atom. The van der Waals surface area contributed by atoms with Crippen molar-refractivity contribution < 1.29 is 55.7 Å². The zero-order valence-electron chi connectivity index (χ0n) is 20.1. The Morgan fingerprint density at radius 2 is 1.77 bits per heavy atom. The lowest BCUT2D eigenvalue weighted by atomic mass is 9.89. The highest BCUT2D eigenvalue weighted by Crippen LogP contribution is 2.40. The second-order valence-corrected chi connectivity index (χ2v) is 8.28. The fourth-order valence-corrected chi connectivity index (χ4v) is 3.37. The monoisotopic (exact) mass is 567 g/mol. The molecule has 0 saturated carbocycles. The highest BCUT2D eigenvalue weighted by atomic mass is 19.4. The molecule has 2 heterocycles. The van der Waals surface area contributed by atoms with Gasteiger partial charge in [-0.3, -0.25) is 9.59 Å². The maximum Gasteiger partial charge on any atom is 0.490 e. The third kappa shape index (κ3) is 7.32. The molecule has 1 fully saturated rings. The van der Waals surface area contributed by atoms with Crippen molar-refractivity contribution in [1.82, 2.24) is 15.3 Å². The van der Waals surface area contributed by atoms with Crippen LogP contribution in [-0.4, -0.2) is 69.6 Å². The van der Waals surface area contributed by atoms with Crippen molar-refractivity contribution in [2.24, 2.45) is 5.73 Å². The molecule has 2 atom stereocenters. The Morgan fingerprint density at radius 3 is 2.26 bits per heavy atom. The lowest BCUT2D eigenvalue weighted by Gasteiger charge is -2.28. The van der Waals surface area contributed by atoms with E-state index in [1.54, 1.807) is 6.92 Å². The van der Waals surface area contributed by atoms with Gasteiger partial charge in [-0.2, -0.15) is 26.3 Å². The number of halogens is 6. The molecule has 2 aromatic rings. The number of carbonyl (C=O) groups is 3. The zero-order chi connectivity index (χ0) is 29.8. The molecule has 1 aliphatic rings. The minimum Gasteiger partial charge on any atom is -0.475 e. The van der Waals surface area contributed by atoms with Crippen LogP contribution in [0.25, 0.3) is 11.3 Å². The highest BCUT2D eigenvalue weighted by molar-refractivity contribution is 5.97. The summed E-state index contributed by atoms with van der Waals surface area (Å²) in [6.07, 6.45) is -7.77. The summed E-state index contributed by atoms with van der Waals surface area (Å²) in [5.41, 5.74) is 6.34. The number of nitrogens with one attached hydrogen (secondary N) is 1. The van der Waals surface area contributed by atoms with E-state index in [4.69, 9.17) is 26.1 Å². The summed E-state index contributed by atoms with van der Waals surface area (Å²) in [6, 6.07) is 2.91. The summed E-state index contributed by atoms with van der Waals surface area (Å²) in [4.78, 5) is 41.2. The smallest absolute Gasteiger partial charge is 0.475 e. The summed E-state index contributed by atoms with van der Waals surface area (Å²) in [6.45, 7) is 2.52. The second kappa shape index (κ2) is 11.8. The van der Waals surface area contributed by atoms with Gasteiger partial charge >= 0.3 is 18.3 Å². The second-order valence-electron chi connectivity index (χ2n) is 8.28. The predicted octanol–water partition coefficient (Wildman–Crippen LogP) is 1.81. The Hall–Kier alpha value is -3.99. The zero-order valence-corrected chi connectivity index (χ0v) is 20.1. The third-order valence-electron chi connectivity index (χ3n) is 5.45. The van der Waals surface area contributed by atoms with Crippen LogP contribution < -0.4 is 16.8 Å². The van der Waals surface area contributed by atoms with Crippen LogP contribution in [-0.2, 0) is 19.9 Å². The van der Waals surface area contributed by atoms with Gasteiger partial charge in [-0.25, -0.2) is 14.8 Å². The molecule has 0 bridgehead atoms.